The van der Waals surface area contributed by atoms with Gasteiger partial charge in [-0.15, -0.1) is 0 Å². The van der Waals surface area contributed by atoms with Crippen LogP contribution in [-0.4, -0.2) is 113 Å². The summed E-state index contributed by atoms with van der Waals surface area (Å²) in [4.78, 5) is 45.8. The number of likely N-dealkylation sites (tertiary alicyclic amines) is 4. The zero-order valence-corrected chi connectivity index (χ0v) is 31.3. The molecule has 4 aliphatic heterocycles. The van der Waals surface area contributed by atoms with Crippen LogP contribution < -0.4 is 9.47 Å². The first-order valence-electron chi connectivity index (χ1n) is 17.5. The van der Waals surface area contributed by atoms with Crippen LogP contribution in [0.15, 0.2) is 54.9 Å². The maximum Gasteiger partial charge on any atom is 0.219 e. The molecule has 8 rings (SSSR count). The molecule has 0 N–H and O–H groups in total. The van der Waals surface area contributed by atoms with E-state index >= 15 is 0 Å². The molecule has 2 aromatic carbocycles. The van der Waals surface area contributed by atoms with Crippen molar-refractivity contribution < 1.29 is 19.1 Å². The molecule has 4 aliphatic rings. The van der Waals surface area contributed by atoms with Gasteiger partial charge >= 0.3 is 0 Å². The van der Waals surface area contributed by atoms with Gasteiger partial charge in [-0.1, -0.05) is 59.6 Å². The number of methoxy groups -OCH3 is 2. The molecular formula is C39H41Cl2N7O4. The number of benzene rings is 2. The summed E-state index contributed by atoms with van der Waals surface area (Å²) in [5.41, 5.74) is 6.51. The Hall–Kier alpha value is -4.29. The smallest absolute Gasteiger partial charge is 0.219 e. The number of nitrogens with zero attached hydrogens (tertiary/aromatic N) is 7. The van der Waals surface area contributed by atoms with Gasteiger partial charge in [-0.25, -0.2) is 15.0 Å². The van der Waals surface area contributed by atoms with E-state index in [4.69, 9.17) is 37.7 Å². The summed E-state index contributed by atoms with van der Waals surface area (Å²) in [5, 5.41) is 0.853. The van der Waals surface area contributed by atoms with Gasteiger partial charge in [-0.05, 0) is 12.1 Å². The van der Waals surface area contributed by atoms with Crippen molar-refractivity contribution in [3.8, 4) is 45.4 Å². The molecule has 0 aliphatic carbocycles. The molecule has 0 saturated carbocycles. The van der Waals surface area contributed by atoms with E-state index in [1.54, 1.807) is 28.1 Å². The zero-order valence-electron chi connectivity index (χ0n) is 29.8. The number of rotatable bonds is 9. The summed E-state index contributed by atoms with van der Waals surface area (Å²) in [6.07, 6.45) is 1.50. The number of carbonyl (C=O) groups excluding carboxylic acids is 2. The zero-order chi connectivity index (χ0) is 36.4. The van der Waals surface area contributed by atoms with Crippen LogP contribution in [0.25, 0.3) is 33.8 Å². The van der Waals surface area contributed by atoms with Crippen molar-refractivity contribution in [2.24, 2.45) is 10.8 Å². The quantitative estimate of drug-likeness (QED) is 0.219. The molecule has 13 heteroatoms. The van der Waals surface area contributed by atoms with Crippen LogP contribution >= 0.6 is 23.2 Å². The van der Waals surface area contributed by atoms with Gasteiger partial charge in [0.25, 0.3) is 0 Å². The van der Waals surface area contributed by atoms with Crippen molar-refractivity contribution in [3.05, 3.63) is 76.0 Å². The van der Waals surface area contributed by atoms with E-state index in [2.05, 4.69) is 25.8 Å². The van der Waals surface area contributed by atoms with Crippen LogP contribution in [0.3, 0.4) is 0 Å². The molecule has 270 valence electrons. The summed E-state index contributed by atoms with van der Waals surface area (Å²) in [5.74, 6) is 1.60. The Balaban J connectivity index is 0.982. The molecular weight excluding hydrogens is 701 g/mol. The van der Waals surface area contributed by atoms with E-state index < -0.39 is 0 Å². The third kappa shape index (κ3) is 6.17. The van der Waals surface area contributed by atoms with Crippen molar-refractivity contribution in [2.75, 3.05) is 66.6 Å². The number of carbonyl (C=O) groups is 2. The molecule has 11 nitrogen and oxygen atoms in total. The van der Waals surface area contributed by atoms with Gasteiger partial charge in [0.1, 0.15) is 12.1 Å². The lowest BCUT2D eigenvalue weighted by molar-refractivity contribution is -0.158. The Morgan fingerprint density at radius 3 is 1.88 bits per heavy atom. The second-order valence-electron chi connectivity index (χ2n) is 15.0. The Bertz CT molecular complexity index is 1920. The first-order valence-corrected chi connectivity index (χ1v) is 18.2. The summed E-state index contributed by atoms with van der Waals surface area (Å²) in [7, 11) is 3.30. The van der Waals surface area contributed by atoms with Crippen LogP contribution in [0.4, 0.5) is 0 Å². The molecule has 52 heavy (non-hydrogen) atoms. The minimum atomic E-state index is 0.146. The minimum Gasteiger partial charge on any atom is -0.496 e. The third-order valence-corrected chi connectivity index (χ3v) is 11.8. The van der Waals surface area contributed by atoms with Crippen LogP contribution in [0.2, 0.25) is 10.0 Å². The van der Waals surface area contributed by atoms with E-state index in [-0.39, 0.29) is 22.6 Å². The largest absolute Gasteiger partial charge is 0.496 e. The molecule has 4 fully saturated rings. The van der Waals surface area contributed by atoms with Gasteiger partial charge in [0.15, 0.2) is 0 Å². The summed E-state index contributed by atoms with van der Waals surface area (Å²) in [6.45, 7) is 12.0. The highest BCUT2D eigenvalue weighted by Gasteiger charge is 2.53. The van der Waals surface area contributed by atoms with E-state index in [1.165, 1.54) is 6.33 Å². The lowest BCUT2D eigenvalue weighted by atomic mass is 9.72. The lowest BCUT2D eigenvalue weighted by Crippen LogP contribution is -2.72. The molecule has 2 spiro atoms. The number of hydrogen-bond acceptors (Lipinski definition) is 9. The molecule has 2 amide bonds. The van der Waals surface area contributed by atoms with E-state index in [0.29, 0.717) is 38.6 Å². The third-order valence-electron chi connectivity index (χ3n) is 11.0. The van der Waals surface area contributed by atoms with Gasteiger partial charge in [0.2, 0.25) is 17.7 Å². The molecule has 4 aromatic rings. The van der Waals surface area contributed by atoms with Gasteiger partial charge in [0.05, 0.1) is 41.3 Å². The maximum atomic E-state index is 11.6. The van der Waals surface area contributed by atoms with E-state index in [1.807, 2.05) is 52.3 Å². The molecule has 0 unspecified atom stereocenters. The first-order chi connectivity index (χ1) is 25.0. The van der Waals surface area contributed by atoms with Gasteiger partial charge < -0.3 is 19.3 Å². The predicted molar refractivity (Wildman–Crippen MR) is 199 cm³/mol. The lowest BCUT2D eigenvalue weighted by Gasteiger charge is -2.60. The van der Waals surface area contributed by atoms with Crippen molar-refractivity contribution in [3.63, 3.8) is 0 Å². The molecule has 0 atom stereocenters. The van der Waals surface area contributed by atoms with Crippen molar-refractivity contribution in [1.29, 1.82) is 0 Å². The van der Waals surface area contributed by atoms with Gasteiger partial charge in [0, 0.05) is 118 Å². The van der Waals surface area contributed by atoms with Crippen LogP contribution in [-0.2, 0) is 22.7 Å². The normalized spacial score (nSPS) is 18.7. The fraction of sp³-hybridized carbons (Fsp3) is 0.410. The van der Waals surface area contributed by atoms with Crippen LogP contribution in [0.5, 0.6) is 11.6 Å². The standard InChI is InChI=1S/C39H41Cl2N7O4/c1-24(49)47-19-38(20-47)15-45(16-38)13-27-9-8-26(12-32(27)51-3)35-34(41)36(43-23-42-35)30-7-5-6-29(33(30)40)31-11-10-28(37(44-31)52-4)14-46-17-39(18-46)21-48(22-39)25(2)50/h5-12,23H,13-22H2,1-4H3. The molecule has 0 bridgehead atoms. The van der Waals surface area contributed by atoms with Crippen molar-refractivity contribution in [1.82, 2.24) is 34.6 Å². The fourth-order valence-corrected chi connectivity index (χ4v) is 9.11. The number of amides is 2. The Kier molecular flexibility index (Phi) is 8.89. The number of aromatic nitrogens is 3. The number of ether oxygens (including phenoxy) is 2. The highest BCUT2D eigenvalue weighted by molar-refractivity contribution is 6.38. The highest BCUT2D eigenvalue weighted by Crippen LogP contribution is 2.44. The first kappa shape index (κ1) is 34.8. The van der Waals surface area contributed by atoms with E-state index in [9.17, 15) is 9.59 Å². The molecule has 2 aromatic heterocycles. The average molecular weight is 743 g/mol. The second-order valence-corrected chi connectivity index (χ2v) is 15.7. The fourth-order valence-electron chi connectivity index (χ4n) is 8.49. The molecule has 4 saturated heterocycles. The van der Waals surface area contributed by atoms with Crippen molar-refractivity contribution >= 4 is 35.0 Å². The van der Waals surface area contributed by atoms with Gasteiger partial charge in [-0.2, -0.15) is 0 Å². The predicted octanol–water partition coefficient (Wildman–Crippen LogP) is 5.52. The maximum absolute atomic E-state index is 11.6. The second kappa shape index (κ2) is 13.3. The topological polar surface area (TPSA) is 104 Å². The number of pyridine rings is 1. The summed E-state index contributed by atoms with van der Waals surface area (Å²) in [6, 6.07) is 15.8. The number of halogens is 2. The van der Waals surface area contributed by atoms with Gasteiger partial charge in [-0.3, -0.25) is 19.4 Å². The van der Waals surface area contributed by atoms with Crippen LogP contribution in [0, 0.1) is 10.8 Å². The Morgan fingerprint density at radius 2 is 1.29 bits per heavy atom. The van der Waals surface area contributed by atoms with E-state index in [0.717, 1.165) is 93.5 Å². The van der Waals surface area contributed by atoms with Crippen LogP contribution in [0.1, 0.15) is 25.0 Å². The highest BCUT2D eigenvalue weighted by atomic mass is 35.5. The molecule has 6 heterocycles. The summed E-state index contributed by atoms with van der Waals surface area (Å²) >= 11 is 14.2. The molecule has 0 radical (unpaired) electrons. The Morgan fingerprint density at radius 1 is 0.712 bits per heavy atom. The van der Waals surface area contributed by atoms with Crippen molar-refractivity contribution in [2.45, 2.75) is 26.9 Å². The summed E-state index contributed by atoms with van der Waals surface area (Å²) < 4.78 is 11.6. The SMILES string of the molecule is COc1cc(-c2ncnc(-c3cccc(-c4ccc(CN5CC6(C5)CN(C(C)=O)C6)c(OC)n4)c3Cl)c2Cl)ccc1CN1CC2(C1)CN(C(C)=O)C2. The average Bonchev–Trinajstić information content (AvgIpc) is 3.06. The number of hydrogen-bond donors (Lipinski definition) is 0. The Labute approximate surface area is 313 Å². The monoisotopic (exact) mass is 741 g/mol. The minimum absolute atomic E-state index is 0.146.